The van der Waals surface area contributed by atoms with Crippen molar-refractivity contribution in [2.75, 3.05) is 26.2 Å². The van der Waals surface area contributed by atoms with Crippen LogP contribution >= 0.6 is 12.4 Å². The van der Waals surface area contributed by atoms with Gasteiger partial charge in [-0.1, -0.05) is 46.0 Å². The molecule has 0 spiro atoms. The van der Waals surface area contributed by atoms with Crippen molar-refractivity contribution in [1.29, 1.82) is 0 Å². The van der Waals surface area contributed by atoms with Gasteiger partial charge in [-0.2, -0.15) is 0 Å². The highest BCUT2D eigenvalue weighted by Crippen LogP contribution is 2.28. The van der Waals surface area contributed by atoms with Crippen molar-refractivity contribution in [3.63, 3.8) is 0 Å². The van der Waals surface area contributed by atoms with E-state index in [9.17, 15) is 9.59 Å². The first kappa shape index (κ1) is 21.2. The van der Waals surface area contributed by atoms with Crippen LogP contribution < -0.4 is 5.73 Å². The van der Waals surface area contributed by atoms with Crippen molar-refractivity contribution >= 4 is 24.2 Å². The summed E-state index contributed by atoms with van der Waals surface area (Å²) in [6.07, 6.45) is 7.87. The quantitative estimate of drug-likeness (QED) is 0.792. The number of carbonyl (C=O) groups excluding carboxylic acids is 2. The lowest BCUT2D eigenvalue weighted by atomic mass is 9.98. The van der Waals surface area contributed by atoms with Crippen LogP contribution in [-0.4, -0.2) is 53.8 Å². The zero-order chi connectivity index (χ0) is 16.8. The van der Waals surface area contributed by atoms with Gasteiger partial charge in [0.2, 0.25) is 11.8 Å². The molecule has 5 nitrogen and oxygen atoms in total. The van der Waals surface area contributed by atoms with Gasteiger partial charge in [-0.3, -0.25) is 9.59 Å². The summed E-state index contributed by atoms with van der Waals surface area (Å²) in [5.74, 6) is 1.26. The molecule has 2 aliphatic rings. The maximum absolute atomic E-state index is 12.4. The zero-order valence-electron chi connectivity index (χ0n) is 15.2. The summed E-state index contributed by atoms with van der Waals surface area (Å²) >= 11 is 0. The van der Waals surface area contributed by atoms with Crippen LogP contribution in [0.2, 0.25) is 0 Å². The fourth-order valence-corrected chi connectivity index (χ4v) is 3.67. The summed E-state index contributed by atoms with van der Waals surface area (Å²) in [5, 5.41) is 0. The average Bonchev–Trinajstić information content (AvgIpc) is 3.11. The maximum atomic E-state index is 12.4. The van der Waals surface area contributed by atoms with Crippen molar-refractivity contribution in [2.24, 2.45) is 17.6 Å². The van der Waals surface area contributed by atoms with Crippen LogP contribution in [0, 0.1) is 11.8 Å². The van der Waals surface area contributed by atoms with Crippen LogP contribution in [0.4, 0.5) is 0 Å². The number of nitrogens with zero attached hydrogens (tertiary/aromatic N) is 2. The first-order valence-corrected chi connectivity index (χ1v) is 9.35. The highest BCUT2D eigenvalue weighted by atomic mass is 35.5. The Bertz CT molecular complexity index is 405. The van der Waals surface area contributed by atoms with Crippen molar-refractivity contribution in [1.82, 2.24) is 9.80 Å². The van der Waals surface area contributed by atoms with Gasteiger partial charge >= 0.3 is 0 Å². The van der Waals surface area contributed by atoms with Crippen LogP contribution in [0.3, 0.4) is 0 Å². The van der Waals surface area contributed by atoms with Crippen molar-refractivity contribution in [3.05, 3.63) is 0 Å². The highest BCUT2D eigenvalue weighted by Gasteiger charge is 2.29. The lowest BCUT2D eigenvalue weighted by Gasteiger charge is -2.36. The molecule has 1 saturated carbocycles. The number of rotatable bonds is 6. The molecule has 2 rings (SSSR count). The van der Waals surface area contributed by atoms with Gasteiger partial charge in [0.15, 0.2) is 0 Å². The second-order valence-corrected chi connectivity index (χ2v) is 7.31. The van der Waals surface area contributed by atoms with Gasteiger partial charge in [0.1, 0.15) is 0 Å². The number of hydrogen-bond donors (Lipinski definition) is 1. The number of amides is 2. The molecule has 0 aromatic rings. The van der Waals surface area contributed by atoms with Crippen LogP contribution in [0.25, 0.3) is 0 Å². The van der Waals surface area contributed by atoms with Gasteiger partial charge in [0.25, 0.3) is 0 Å². The number of piperazine rings is 1. The number of nitrogens with two attached hydrogens (primary N) is 1. The molecule has 1 aliphatic carbocycles. The molecule has 0 bridgehead atoms. The molecular formula is C18H34ClN3O2. The van der Waals surface area contributed by atoms with E-state index in [-0.39, 0.29) is 30.1 Å². The van der Waals surface area contributed by atoms with E-state index in [0.717, 1.165) is 18.8 Å². The van der Waals surface area contributed by atoms with E-state index >= 15 is 0 Å². The first-order valence-electron chi connectivity index (χ1n) is 9.35. The fraction of sp³-hybridized carbons (Fsp3) is 0.889. The second kappa shape index (κ2) is 10.2. The van der Waals surface area contributed by atoms with Crippen LogP contribution in [0.1, 0.15) is 58.8 Å². The molecule has 140 valence electrons. The largest absolute Gasteiger partial charge is 0.339 e. The lowest BCUT2D eigenvalue weighted by molar-refractivity contribution is -0.141. The molecule has 0 aromatic carbocycles. The summed E-state index contributed by atoms with van der Waals surface area (Å²) in [6, 6.07) is -0.412. The molecule has 1 saturated heterocycles. The minimum absolute atomic E-state index is 0. The summed E-state index contributed by atoms with van der Waals surface area (Å²) in [7, 11) is 0. The predicted octanol–water partition coefficient (Wildman–Crippen LogP) is 2.42. The molecule has 1 heterocycles. The fourth-order valence-electron chi connectivity index (χ4n) is 3.67. The Kier molecular flexibility index (Phi) is 9.06. The molecule has 2 N–H and O–H groups in total. The maximum Gasteiger partial charge on any atom is 0.239 e. The molecule has 2 unspecified atom stereocenters. The smallest absolute Gasteiger partial charge is 0.239 e. The summed E-state index contributed by atoms with van der Waals surface area (Å²) in [5.41, 5.74) is 6.04. The van der Waals surface area contributed by atoms with Crippen LogP contribution in [-0.2, 0) is 9.59 Å². The minimum Gasteiger partial charge on any atom is -0.339 e. The molecule has 6 heteroatoms. The Balaban J connectivity index is 0.00000288. The van der Waals surface area contributed by atoms with E-state index in [1.807, 2.05) is 16.7 Å². The van der Waals surface area contributed by atoms with E-state index in [4.69, 9.17) is 5.73 Å². The molecule has 0 aromatic heterocycles. The summed E-state index contributed by atoms with van der Waals surface area (Å²) < 4.78 is 0. The Labute approximate surface area is 152 Å². The van der Waals surface area contributed by atoms with Gasteiger partial charge in [0, 0.05) is 32.6 Å². The zero-order valence-corrected chi connectivity index (χ0v) is 16.0. The number of carbonyl (C=O) groups is 2. The molecular weight excluding hydrogens is 326 g/mol. The van der Waals surface area contributed by atoms with Crippen molar-refractivity contribution < 1.29 is 9.59 Å². The average molecular weight is 360 g/mol. The molecule has 1 aliphatic heterocycles. The molecule has 2 atom stereocenters. The standard InChI is InChI=1S/C18H33N3O2.ClH/c1-3-14(2)17(19)18(23)21-12-10-20(11-13-21)16(22)9-8-15-6-4-5-7-15;/h14-15,17H,3-13,19H2,1-2H3;1H. The van der Waals surface area contributed by atoms with Gasteiger partial charge in [-0.05, 0) is 18.3 Å². The third-order valence-corrected chi connectivity index (χ3v) is 5.73. The van der Waals surface area contributed by atoms with Gasteiger partial charge in [0.05, 0.1) is 6.04 Å². The molecule has 2 amide bonds. The Morgan fingerprint density at radius 2 is 1.62 bits per heavy atom. The molecule has 24 heavy (non-hydrogen) atoms. The van der Waals surface area contributed by atoms with E-state index < -0.39 is 6.04 Å². The molecule has 2 fully saturated rings. The predicted molar refractivity (Wildman–Crippen MR) is 99.0 cm³/mol. The Hall–Kier alpha value is -0.810. The van der Waals surface area contributed by atoms with Gasteiger partial charge in [-0.15, -0.1) is 12.4 Å². The normalized spacial score (nSPS) is 21.3. The van der Waals surface area contributed by atoms with E-state index in [1.54, 1.807) is 0 Å². The third-order valence-electron chi connectivity index (χ3n) is 5.73. The minimum atomic E-state index is -0.412. The third kappa shape index (κ3) is 5.62. The lowest BCUT2D eigenvalue weighted by Crippen LogP contribution is -2.55. The molecule has 0 radical (unpaired) electrons. The monoisotopic (exact) mass is 359 g/mol. The van der Waals surface area contributed by atoms with E-state index in [1.165, 1.54) is 25.7 Å². The SMILES string of the molecule is CCC(C)C(N)C(=O)N1CCN(C(=O)CCC2CCCC2)CC1.Cl. The summed E-state index contributed by atoms with van der Waals surface area (Å²) in [6.45, 7) is 6.63. The van der Waals surface area contributed by atoms with E-state index in [2.05, 4.69) is 6.92 Å². The van der Waals surface area contributed by atoms with E-state index in [0.29, 0.717) is 32.6 Å². The van der Waals surface area contributed by atoms with Gasteiger partial charge < -0.3 is 15.5 Å². The Morgan fingerprint density at radius 1 is 1.08 bits per heavy atom. The Morgan fingerprint density at radius 3 is 2.17 bits per heavy atom. The van der Waals surface area contributed by atoms with Crippen molar-refractivity contribution in [3.8, 4) is 0 Å². The number of halogens is 1. The summed E-state index contributed by atoms with van der Waals surface area (Å²) in [4.78, 5) is 28.4. The van der Waals surface area contributed by atoms with Crippen LogP contribution in [0.5, 0.6) is 0 Å². The van der Waals surface area contributed by atoms with Crippen LogP contribution in [0.15, 0.2) is 0 Å². The first-order chi connectivity index (χ1) is 11.0. The van der Waals surface area contributed by atoms with Crippen molar-refractivity contribution in [2.45, 2.75) is 64.8 Å². The topological polar surface area (TPSA) is 66.6 Å². The number of hydrogen-bond acceptors (Lipinski definition) is 3. The highest BCUT2D eigenvalue weighted by molar-refractivity contribution is 5.85. The second-order valence-electron chi connectivity index (χ2n) is 7.31. The van der Waals surface area contributed by atoms with Gasteiger partial charge in [-0.25, -0.2) is 0 Å².